The van der Waals surface area contributed by atoms with Crippen molar-refractivity contribution in [3.05, 3.63) is 152 Å². The first-order chi connectivity index (χ1) is 35.8. The van der Waals surface area contributed by atoms with Gasteiger partial charge >= 0.3 is 17.9 Å². The Morgan fingerprint density at radius 1 is 0.370 bits per heavy atom. The third-order valence-corrected chi connectivity index (χ3v) is 11.6. The highest BCUT2D eigenvalue weighted by Gasteiger charge is 2.16. The number of esters is 3. The quantitative estimate of drug-likeness (QED) is 0.00979. The lowest BCUT2D eigenvalue weighted by Gasteiger charge is -2.14. The van der Waals surface area contributed by atoms with Gasteiger partial charge in [0.2, 0.25) is 0 Å². The summed E-state index contributed by atoms with van der Waals surface area (Å²) in [6, 6.07) is 33.6. The highest BCUT2D eigenvalue weighted by atomic mass is 16.6. The molecule has 7 rings (SSSR count). The van der Waals surface area contributed by atoms with Gasteiger partial charge in [-0.05, 0) is 146 Å². The van der Waals surface area contributed by atoms with E-state index in [4.69, 9.17) is 52.6 Å². The largest absolute Gasteiger partial charge is 0.494 e. The predicted octanol–water partition coefficient (Wildman–Crippen LogP) is 11.7. The molecule has 0 amide bonds. The fraction of sp³-hybridized carbons (Fsp3) is 0.305. The third kappa shape index (κ3) is 16.3. The molecule has 0 bridgehead atoms. The molecule has 0 N–H and O–H groups in total. The van der Waals surface area contributed by atoms with Gasteiger partial charge in [-0.1, -0.05) is 44.0 Å². The van der Waals surface area contributed by atoms with Crippen LogP contribution >= 0.6 is 0 Å². The van der Waals surface area contributed by atoms with E-state index in [1.54, 1.807) is 0 Å². The first-order valence-corrected chi connectivity index (χ1v) is 24.7. The van der Waals surface area contributed by atoms with E-state index in [-0.39, 0.29) is 31.8 Å². The van der Waals surface area contributed by atoms with Crippen molar-refractivity contribution in [1.82, 2.24) is 9.97 Å². The van der Waals surface area contributed by atoms with Gasteiger partial charge in [-0.15, -0.1) is 0 Å². The standard InChI is InChI=1S/C59H62N2O12/c1-4-55(62)69-31-13-9-7-11-29-66-44-19-15-42(16-20-44)40-72-46-23-26-49-50-27-24-47(73-41-43-17-21-45(22-18-43)67-30-12-8-10-14-32-70-56(63)5-2)38-52(50)59-58(51(49)37-46)60-53-28-25-48(39-54(53)61-59)68-35-33-65-34-36-71-57(64)6-3/h4-6,15-28,37-39H,1-3,7-14,29-36,40-41H2. The van der Waals surface area contributed by atoms with Crippen molar-refractivity contribution < 1.29 is 57.0 Å². The number of ether oxygens (including phenoxy) is 9. The molecule has 0 atom stereocenters. The number of carbonyl (C=O) groups excluding carboxylic acids is 3. The summed E-state index contributed by atoms with van der Waals surface area (Å²) in [7, 11) is 0. The van der Waals surface area contributed by atoms with Gasteiger partial charge in [0, 0.05) is 35.1 Å². The SMILES string of the molecule is C=CC(=O)OCCCCCCOc1ccc(COc2ccc3c4ccc(OCc5ccc(OCCCCCCOC(=O)C=C)cc5)cc4c4nc5cc(OCCOCCOC(=O)C=C)ccc5nc4c3c2)cc1. The molecule has 0 unspecified atom stereocenters. The number of hydrogen-bond acceptors (Lipinski definition) is 14. The van der Waals surface area contributed by atoms with Gasteiger partial charge in [0.05, 0.1) is 61.7 Å². The minimum Gasteiger partial charge on any atom is -0.494 e. The second kappa shape index (κ2) is 28.2. The number of carbonyl (C=O) groups is 3. The van der Waals surface area contributed by atoms with Crippen molar-refractivity contribution >= 4 is 61.5 Å². The number of aromatic nitrogens is 2. The topological polar surface area (TPSA) is 160 Å². The molecule has 0 spiro atoms. The van der Waals surface area contributed by atoms with Gasteiger partial charge < -0.3 is 42.6 Å². The number of nitrogens with zero attached hydrogens (tertiary/aromatic N) is 2. The maximum Gasteiger partial charge on any atom is 0.330 e. The highest BCUT2D eigenvalue weighted by Crippen LogP contribution is 2.38. The van der Waals surface area contributed by atoms with Crippen LogP contribution in [0.1, 0.15) is 62.5 Å². The van der Waals surface area contributed by atoms with Crippen LogP contribution < -0.4 is 23.7 Å². The zero-order chi connectivity index (χ0) is 51.0. The van der Waals surface area contributed by atoms with Crippen molar-refractivity contribution in [2.24, 2.45) is 0 Å². The van der Waals surface area contributed by atoms with Crippen molar-refractivity contribution in [3.63, 3.8) is 0 Å². The smallest absolute Gasteiger partial charge is 0.330 e. The van der Waals surface area contributed by atoms with E-state index in [2.05, 4.69) is 31.9 Å². The summed E-state index contributed by atoms with van der Waals surface area (Å²) in [5, 5.41) is 3.77. The molecule has 7 aromatic rings. The Kier molecular flexibility index (Phi) is 20.4. The highest BCUT2D eigenvalue weighted by molar-refractivity contribution is 6.24. The fourth-order valence-electron chi connectivity index (χ4n) is 7.82. The van der Waals surface area contributed by atoms with Crippen LogP contribution in [0.25, 0.3) is 43.6 Å². The Bertz CT molecular complexity index is 2970. The Labute approximate surface area is 425 Å². The molecule has 0 saturated heterocycles. The average molecular weight is 991 g/mol. The Balaban J connectivity index is 1.02. The van der Waals surface area contributed by atoms with E-state index in [0.29, 0.717) is 80.0 Å². The summed E-state index contributed by atoms with van der Waals surface area (Å²) in [6.07, 6.45) is 10.8. The van der Waals surface area contributed by atoms with Gasteiger partial charge in [-0.3, -0.25) is 0 Å². The van der Waals surface area contributed by atoms with E-state index in [1.807, 2.05) is 91.0 Å². The third-order valence-electron chi connectivity index (χ3n) is 11.6. The molecule has 1 heterocycles. The van der Waals surface area contributed by atoms with E-state index >= 15 is 0 Å². The lowest BCUT2D eigenvalue weighted by Crippen LogP contribution is -2.12. The van der Waals surface area contributed by atoms with Crippen LogP contribution in [0, 0.1) is 0 Å². The van der Waals surface area contributed by atoms with Crippen LogP contribution in [0.4, 0.5) is 0 Å². The Hall–Kier alpha value is -7.97. The lowest BCUT2D eigenvalue weighted by atomic mass is 9.98. The number of rotatable bonds is 32. The number of hydrogen-bond donors (Lipinski definition) is 0. The van der Waals surface area contributed by atoms with E-state index in [1.165, 1.54) is 12.2 Å². The van der Waals surface area contributed by atoms with Crippen molar-refractivity contribution in [1.29, 1.82) is 0 Å². The van der Waals surface area contributed by atoms with E-state index < -0.39 is 5.97 Å². The normalized spacial score (nSPS) is 11.0. The van der Waals surface area contributed by atoms with Crippen LogP contribution in [0.15, 0.2) is 141 Å². The van der Waals surface area contributed by atoms with Crippen LogP contribution in [0.5, 0.6) is 28.7 Å². The molecule has 6 aromatic carbocycles. The zero-order valence-electron chi connectivity index (χ0n) is 41.2. The molecular formula is C59H62N2O12. The summed E-state index contributed by atoms with van der Waals surface area (Å²) in [4.78, 5) is 44.1. The molecule has 0 saturated carbocycles. The first-order valence-electron chi connectivity index (χ1n) is 24.7. The predicted molar refractivity (Wildman–Crippen MR) is 281 cm³/mol. The molecule has 0 aliphatic carbocycles. The van der Waals surface area contributed by atoms with Crippen LogP contribution in [-0.2, 0) is 46.5 Å². The molecule has 14 nitrogen and oxygen atoms in total. The zero-order valence-corrected chi connectivity index (χ0v) is 41.2. The molecule has 0 radical (unpaired) electrons. The molecule has 380 valence electrons. The van der Waals surface area contributed by atoms with Crippen molar-refractivity contribution in [3.8, 4) is 28.7 Å². The summed E-state index contributed by atoms with van der Waals surface area (Å²) < 4.78 is 51.3. The molecule has 14 heteroatoms. The van der Waals surface area contributed by atoms with Crippen molar-refractivity contribution in [2.75, 3.05) is 52.9 Å². The maximum absolute atomic E-state index is 11.3. The van der Waals surface area contributed by atoms with Crippen LogP contribution in [-0.4, -0.2) is 80.7 Å². The fourth-order valence-corrected chi connectivity index (χ4v) is 7.82. The number of fused-ring (bicyclic) bond motifs is 7. The minimum atomic E-state index is -0.494. The first kappa shape index (κ1) is 52.8. The second-order valence-electron chi connectivity index (χ2n) is 17.0. The van der Waals surface area contributed by atoms with Crippen LogP contribution in [0.3, 0.4) is 0 Å². The Morgan fingerprint density at radius 2 is 0.767 bits per heavy atom. The molecule has 0 fully saturated rings. The van der Waals surface area contributed by atoms with E-state index in [9.17, 15) is 14.4 Å². The molecule has 0 aliphatic heterocycles. The molecular weight excluding hydrogens is 929 g/mol. The van der Waals surface area contributed by atoms with Gasteiger partial charge in [-0.25, -0.2) is 24.4 Å². The van der Waals surface area contributed by atoms with Gasteiger partial charge in [-0.2, -0.15) is 0 Å². The average Bonchev–Trinajstić information content (AvgIpc) is 3.42. The van der Waals surface area contributed by atoms with Crippen molar-refractivity contribution in [2.45, 2.75) is 64.6 Å². The monoisotopic (exact) mass is 990 g/mol. The molecule has 73 heavy (non-hydrogen) atoms. The minimum absolute atomic E-state index is 0.130. The summed E-state index contributed by atoms with van der Waals surface area (Å²) in [5.74, 6) is 2.30. The second-order valence-corrected chi connectivity index (χ2v) is 17.0. The van der Waals surface area contributed by atoms with Gasteiger partial charge in [0.1, 0.15) is 55.2 Å². The lowest BCUT2D eigenvalue weighted by molar-refractivity contribution is -0.139. The van der Waals surface area contributed by atoms with Crippen LogP contribution in [0.2, 0.25) is 0 Å². The number of unbranched alkanes of at least 4 members (excludes halogenated alkanes) is 6. The van der Waals surface area contributed by atoms with Gasteiger partial charge in [0.15, 0.2) is 0 Å². The molecule has 0 aliphatic rings. The summed E-state index contributed by atoms with van der Waals surface area (Å²) in [5.41, 5.74) is 4.77. The number of benzene rings is 6. The van der Waals surface area contributed by atoms with Gasteiger partial charge in [0.25, 0.3) is 0 Å². The summed E-state index contributed by atoms with van der Waals surface area (Å²) in [6.45, 7) is 13.9. The molecule has 1 aromatic heterocycles. The maximum atomic E-state index is 11.3. The Morgan fingerprint density at radius 3 is 1.26 bits per heavy atom. The van der Waals surface area contributed by atoms with E-state index in [0.717, 1.165) is 107 Å². The summed E-state index contributed by atoms with van der Waals surface area (Å²) >= 11 is 0.